The minimum atomic E-state index is 0.0537. The molecule has 0 spiro atoms. The van der Waals surface area contributed by atoms with E-state index in [-0.39, 0.29) is 11.8 Å². The third-order valence-corrected chi connectivity index (χ3v) is 6.45. The molecular weight excluding hydrogens is 424 g/mol. The van der Waals surface area contributed by atoms with Crippen LogP contribution in [-0.4, -0.2) is 56.7 Å². The Kier molecular flexibility index (Phi) is 6.33. The molecule has 0 N–H and O–H groups in total. The fourth-order valence-corrected chi connectivity index (χ4v) is 4.52. The zero-order valence-electron chi connectivity index (χ0n) is 19.3. The van der Waals surface area contributed by atoms with Crippen LogP contribution in [0.3, 0.4) is 0 Å². The molecule has 172 valence electrons. The van der Waals surface area contributed by atoms with Crippen LogP contribution in [0.5, 0.6) is 0 Å². The molecule has 2 aromatic carbocycles. The normalized spacial score (nSPS) is 13.9. The second kappa shape index (κ2) is 9.87. The highest BCUT2D eigenvalue weighted by Gasteiger charge is 2.26. The lowest BCUT2D eigenvalue weighted by molar-refractivity contribution is -0.131. The van der Waals surface area contributed by atoms with E-state index >= 15 is 0 Å². The van der Waals surface area contributed by atoms with Crippen molar-refractivity contribution >= 4 is 11.7 Å². The predicted octanol–water partition coefficient (Wildman–Crippen LogP) is 3.84. The highest BCUT2D eigenvalue weighted by molar-refractivity contribution is 5.78. The number of carbonyl (C=O) groups is 1. The molecule has 1 saturated heterocycles. The van der Waals surface area contributed by atoms with Gasteiger partial charge < -0.3 is 9.80 Å². The molecule has 3 heterocycles. The first-order chi connectivity index (χ1) is 16.7. The Morgan fingerprint density at radius 3 is 1.94 bits per heavy atom. The lowest BCUT2D eigenvalue weighted by atomic mass is 9.88. The van der Waals surface area contributed by atoms with Crippen molar-refractivity contribution in [1.29, 1.82) is 0 Å². The average Bonchev–Trinajstić information content (AvgIpc) is 3.34. The molecule has 4 aromatic rings. The van der Waals surface area contributed by atoms with Crippen LogP contribution in [0.15, 0.2) is 85.2 Å². The highest BCUT2D eigenvalue weighted by Crippen LogP contribution is 2.29. The van der Waals surface area contributed by atoms with Gasteiger partial charge in [-0.15, -0.1) is 10.2 Å². The average molecular weight is 453 g/mol. The summed E-state index contributed by atoms with van der Waals surface area (Å²) in [7, 11) is 0. The van der Waals surface area contributed by atoms with Gasteiger partial charge in [0, 0.05) is 50.9 Å². The Hall–Kier alpha value is -4.00. The van der Waals surface area contributed by atoms with Gasteiger partial charge in [0.25, 0.3) is 0 Å². The van der Waals surface area contributed by atoms with Crippen molar-refractivity contribution in [3.05, 3.63) is 102 Å². The number of rotatable bonds is 6. The molecule has 1 aliphatic rings. The van der Waals surface area contributed by atoms with E-state index in [0.29, 0.717) is 19.5 Å². The molecule has 0 bridgehead atoms. The summed E-state index contributed by atoms with van der Waals surface area (Å²) in [6, 6.07) is 24.5. The van der Waals surface area contributed by atoms with Crippen LogP contribution in [-0.2, 0) is 4.79 Å². The first-order valence-electron chi connectivity index (χ1n) is 11.7. The summed E-state index contributed by atoms with van der Waals surface area (Å²) in [6.07, 6.45) is 4.09. The van der Waals surface area contributed by atoms with E-state index < -0.39 is 0 Å². The van der Waals surface area contributed by atoms with Crippen molar-refractivity contribution < 1.29 is 4.79 Å². The van der Waals surface area contributed by atoms with Crippen LogP contribution in [0.25, 0.3) is 5.82 Å². The molecule has 0 unspecified atom stereocenters. The summed E-state index contributed by atoms with van der Waals surface area (Å²) in [4.78, 5) is 21.7. The number of nitrogens with zero attached hydrogens (tertiary/aromatic N) is 6. The number of hydrogen-bond donors (Lipinski definition) is 0. The molecule has 5 rings (SSSR count). The van der Waals surface area contributed by atoms with E-state index in [1.165, 1.54) is 11.1 Å². The van der Waals surface area contributed by atoms with Crippen LogP contribution >= 0.6 is 0 Å². The summed E-state index contributed by atoms with van der Waals surface area (Å²) in [5, 5.41) is 8.79. The van der Waals surface area contributed by atoms with Crippen molar-refractivity contribution in [2.24, 2.45) is 0 Å². The number of anilines is 1. The molecule has 2 aromatic heterocycles. The standard InChI is InChI=1S/C27H28N6O/c1-21-28-14-15-33(21)26-13-12-25(29-30-26)31-16-18-32(19-17-31)27(34)20-24(22-8-4-2-5-9-22)23-10-6-3-7-11-23/h2-15,24H,16-20H2,1H3. The Labute approximate surface area is 199 Å². The Morgan fingerprint density at radius 1 is 0.824 bits per heavy atom. The largest absolute Gasteiger partial charge is 0.352 e. The van der Waals surface area contributed by atoms with Gasteiger partial charge in [-0.05, 0) is 30.2 Å². The van der Waals surface area contributed by atoms with Gasteiger partial charge in [0.05, 0.1) is 0 Å². The quantitative estimate of drug-likeness (QED) is 0.445. The van der Waals surface area contributed by atoms with Crippen LogP contribution in [0.4, 0.5) is 5.82 Å². The lowest BCUT2D eigenvalue weighted by Gasteiger charge is -2.36. The van der Waals surface area contributed by atoms with Gasteiger partial charge in [0.2, 0.25) is 5.91 Å². The first-order valence-corrected chi connectivity index (χ1v) is 11.7. The van der Waals surface area contributed by atoms with Gasteiger partial charge in [0.15, 0.2) is 11.6 Å². The van der Waals surface area contributed by atoms with Crippen LogP contribution in [0, 0.1) is 6.92 Å². The van der Waals surface area contributed by atoms with Crippen molar-refractivity contribution in [2.45, 2.75) is 19.3 Å². The maximum atomic E-state index is 13.3. The molecule has 34 heavy (non-hydrogen) atoms. The predicted molar refractivity (Wildman–Crippen MR) is 132 cm³/mol. The second-order valence-corrected chi connectivity index (χ2v) is 8.54. The minimum Gasteiger partial charge on any atom is -0.352 e. The number of amides is 1. The van der Waals surface area contributed by atoms with Crippen molar-refractivity contribution in [3.63, 3.8) is 0 Å². The zero-order chi connectivity index (χ0) is 23.3. The number of aryl methyl sites for hydroxylation is 1. The van der Waals surface area contributed by atoms with Gasteiger partial charge in [0.1, 0.15) is 5.82 Å². The van der Waals surface area contributed by atoms with E-state index in [4.69, 9.17) is 0 Å². The zero-order valence-corrected chi connectivity index (χ0v) is 19.3. The molecule has 1 amide bonds. The molecule has 0 saturated carbocycles. The SMILES string of the molecule is Cc1nccn1-c1ccc(N2CCN(C(=O)CC(c3ccccc3)c3ccccc3)CC2)nn1. The number of piperazine rings is 1. The van der Waals surface area contributed by atoms with Crippen molar-refractivity contribution in [2.75, 3.05) is 31.1 Å². The van der Waals surface area contributed by atoms with Crippen molar-refractivity contribution in [3.8, 4) is 5.82 Å². The number of imidazole rings is 1. The first kappa shape index (κ1) is 21.8. The molecule has 1 aliphatic heterocycles. The van der Waals surface area contributed by atoms with E-state index in [1.807, 2.05) is 71.1 Å². The number of aromatic nitrogens is 4. The number of hydrogen-bond acceptors (Lipinski definition) is 5. The number of carbonyl (C=O) groups excluding carboxylic acids is 1. The van der Waals surface area contributed by atoms with Gasteiger partial charge in [-0.2, -0.15) is 0 Å². The smallest absolute Gasteiger partial charge is 0.223 e. The van der Waals surface area contributed by atoms with Gasteiger partial charge in [-0.3, -0.25) is 9.36 Å². The fourth-order valence-electron chi connectivity index (χ4n) is 4.52. The lowest BCUT2D eigenvalue weighted by Crippen LogP contribution is -2.49. The summed E-state index contributed by atoms with van der Waals surface area (Å²) in [5.41, 5.74) is 2.34. The number of benzene rings is 2. The molecular formula is C27H28N6O. The van der Waals surface area contributed by atoms with Gasteiger partial charge in [-0.1, -0.05) is 60.7 Å². The molecule has 1 fully saturated rings. The van der Waals surface area contributed by atoms with E-state index in [0.717, 1.165) is 30.5 Å². The summed E-state index contributed by atoms with van der Waals surface area (Å²) >= 11 is 0. The molecule has 0 radical (unpaired) electrons. The third kappa shape index (κ3) is 4.69. The van der Waals surface area contributed by atoms with Crippen LogP contribution < -0.4 is 4.90 Å². The van der Waals surface area contributed by atoms with Crippen LogP contribution in [0.1, 0.15) is 29.3 Å². The monoisotopic (exact) mass is 452 g/mol. The van der Waals surface area contributed by atoms with Gasteiger partial charge in [-0.25, -0.2) is 4.98 Å². The fraction of sp³-hybridized carbons (Fsp3) is 0.259. The summed E-state index contributed by atoms with van der Waals surface area (Å²) in [5.74, 6) is 2.70. The summed E-state index contributed by atoms with van der Waals surface area (Å²) < 4.78 is 1.91. The Bertz CT molecular complexity index is 1180. The Balaban J connectivity index is 1.23. The molecule has 7 nitrogen and oxygen atoms in total. The molecule has 0 atom stereocenters. The molecule has 0 aliphatic carbocycles. The Morgan fingerprint density at radius 2 is 1.41 bits per heavy atom. The van der Waals surface area contributed by atoms with Crippen molar-refractivity contribution in [1.82, 2.24) is 24.6 Å². The van der Waals surface area contributed by atoms with E-state index in [1.54, 1.807) is 6.20 Å². The second-order valence-electron chi connectivity index (χ2n) is 8.54. The minimum absolute atomic E-state index is 0.0537. The van der Waals surface area contributed by atoms with E-state index in [9.17, 15) is 4.79 Å². The van der Waals surface area contributed by atoms with Gasteiger partial charge >= 0.3 is 0 Å². The highest BCUT2D eigenvalue weighted by atomic mass is 16.2. The molecule has 7 heteroatoms. The summed E-state index contributed by atoms with van der Waals surface area (Å²) in [6.45, 7) is 4.78. The maximum absolute atomic E-state index is 13.3. The maximum Gasteiger partial charge on any atom is 0.223 e. The van der Waals surface area contributed by atoms with Crippen LogP contribution in [0.2, 0.25) is 0 Å². The topological polar surface area (TPSA) is 67.2 Å². The van der Waals surface area contributed by atoms with E-state index in [2.05, 4.69) is 44.3 Å². The third-order valence-electron chi connectivity index (χ3n) is 6.45.